The highest BCUT2D eigenvalue weighted by molar-refractivity contribution is 5.37. The minimum absolute atomic E-state index is 0.437. The van der Waals surface area contributed by atoms with Crippen molar-refractivity contribution in [3.05, 3.63) is 11.8 Å². The van der Waals surface area contributed by atoms with Gasteiger partial charge in [-0.1, -0.05) is 13.3 Å². The second-order valence-electron chi connectivity index (χ2n) is 5.32. The molecule has 2 N–H and O–H groups in total. The maximum Gasteiger partial charge on any atom is 0.124 e. The van der Waals surface area contributed by atoms with Gasteiger partial charge in [0, 0.05) is 31.6 Å². The second-order valence-corrected chi connectivity index (χ2v) is 5.32. The summed E-state index contributed by atoms with van der Waals surface area (Å²) in [7, 11) is 1.99. The van der Waals surface area contributed by atoms with E-state index in [-0.39, 0.29) is 0 Å². The smallest absolute Gasteiger partial charge is 0.124 e. The van der Waals surface area contributed by atoms with Crippen molar-refractivity contribution >= 4 is 5.82 Å². The molecule has 1 aromatic heterocycles. The van der Waals surface area contributed by atoms with Gasteiger partial charge in [0.25, 0.3) is 0 Å². The zero-order valence-electron chi connectivity index (χ0n) is 11.2. The molecule has 0 bridgehead atoms. The highest BCUT2D eigenvalue weighted by Crippen LogP contribution is 2.31. The summed E-state index contributed by atoms with van der Waals surface area (Å²) in [4.78, 5) is 0. The lowest BCUT2D eigenvalue weighted by Crippen LogP contribution is -2.32. The van der Waals surface area contributed by atoms with Crippen LogP contribution in [0.5, 0.6) is 0 Å². The van der Waals surface area contributed by atoms with Crippen molar-refractivity contribution in [2.75, 3.05) is 25.0 Å². The molecule has 2 heterocycles. The Kier molecular flexibility index (Phi) is 3.72. The lowest BCUT2D eigenvalue weighted by molar-refractivity contribution is 0.313. The number of hydrogen-bond donors (Lipinski definition) is 2. The van der Waals surface area contributed by atoms with Crippen LogP contribution in [0.15, 0.2) is 6.07 Å². The van der Waals surface area contributed by atoms with Crippen molar-refractivity contribution in [1.29, 1.82) is 0 Å². The first-order valence-corrected chi connectivity index (χ1v) is 6.60. The van der Waals surface area contributed by atoms with Gasteiger partial charge in [-0.15, -0.1) is 0 Å². The number of nitrogens with zero attached hydrogens (tertiary/aromatic N) is 2. The van der Waals surface area contributed by atoms with Gasteiger partial charge in [0.05, 0.1) is 5.69 Å². The zero-order valence-corrected chi connectivity index (χ0v) is 11.2. The average Bonchev–Trinajstić information content (AvgIpc) is 2.84. The summed E-state index contributed by atoms with van der Waals surface area (Å²) in [6.07, 6.45) is 3.84. The van der Waals surface area contributed by atoms with Crippen molar-refractivity contribution in [1.82, 2.24) is 15.1 Å². The fourth-order valence-electron chi connectivity index (χ4n) is 2.83. The summed E-state index contributed by atoms with van der Waals surface area (Å²) in [6, 6.07) is 2.11. The van der Waals surface area contributed by atoms with Gasteiger partial charge in [0.15, 0.2) is 0 Å². The van der Waals surface area contributed by atoms with E-state index < -0.39 is 0 Å². The van der Waals surface area contributed by atoms with Crippen molar-refractivity contribution in [2.45, 2.75) is 33.1 Å². The maximum atomic E-state index is 4.36. The molecular formula is C13H24N4. The summed E-state index contributed by atoms with van der Waals surface area (Å²) in [5.74, 6) is 1.13. The molecule has 1 aliphatic heterocycles. The molecule has 96 valence electrons. The Morgan fingerprint density at radius 1 is 1.59 bits per heavy atom. The third-order valence-electron chi connectivity index (χ3n) is 3.76. The minimum Gasteiger partial charge on any atom is -0.370 e. The largest absolute Gasteiger partial charge is 0.370 e. The van der Waals surface area contributed by atoms with Gasteiger partial charge >= 0.3 is 0 Å². The van der Waals surface area contributed by atoms with Crippen molar-refractivity contribution in [3.63, 3.8) is 0 Å². The Morgan fingerprint density at radius 3 is 2.94 bits per heavy atom. The molecule has 17 heavy (non-hydrogen) atoms. The SMILES string of the molecule is CCCC1(CNc2cc(C)nn2C)CCNC1. The molecule has 0 amide bonds. The summed E-state index contributed by atoms with van der Waals surface area (Å²) >= 11 is 0. The first kappa shape index (κ1) is 12.4. The molecule has 1 unspecified atom stereocenters. The van der Waals surface area contributed by atoms with E-state index in [1.807, 2.05) is 18.7 Å². The molecule has 1 aliphatic rings. The molecule has 0 aliphatic carbocycles. The van der Waals surface area contributed by atoms with Crippen LogP contribution in [-0.2, 0) is 7.05 Å². The number of anilines is 1. The molecule has 1 saturated heterocycles. The molecule has 2 rings (SSSR count). The summed E-state index contributed by atoms with van der Waals surface area (Å²) in [6.45, 7) is 7.65. The maximum absolute atomic E-state index is 4.36. The number of nitrogens with one attached hydrogen (secondary N) is 2. The van der Waals surface area contributed by atoms with Crippen LogP contribution in [0.2, 0.25) is 0 Å². The molecule has 0 saturated carbocycles. The van der Waals surface area contributed by atoms with E-state index in [1.165, 1.54) is 19.3 Å². The standard InChI is InChI=1S/C13H24N4/c1-4-5-13(6-7-14-9-13)10-15-12-8-11(2)16-17(12)3/h8,14-15H,4-7,9-10H2,1-3H3. The number of aryl methyl sites for hydroxylation is 2. The van der Waals surface area contributed by atoms with Crippen LogP contribution in [0.4, 0.5) is 5.82 Å². The van der Waals surface area contributed by atoms with Gasteiger partial charge in [0.2, 0.25) is 0 Å². The first-order valence-electron chi connectivity index (χ1n) is 6.60. The van der Waals surface area contributed by atoms with Crippen LogP contribution in [0, 0.1) is 12.3 Å². The first-order chi connectivity index (χ1) is 8.15. The Labute approximate surface area is 104 Å². The van der Waals surface area contributed by atoms with E-state index >= 15 is 0 Å². The minimum atomic E-state index is 0.437. The van der Waals surface area contributed by atoms with Gasteiger partial charge in [0.1, 0.15) is 5.82 Å². The summed E-state index contributed by atoms with van der Waals surface area (Å²) < 4.78 is 1.93. The number of hydrogen-bond acceptors (Lipinski definition) is 3. The van der Waals surface area contributed by atoms with Gasteiger partial charge in [-0.2, -0.15) is 5.10 Å². The molecule has 1 aromatic rings. The van der Waals surface area contributed by atoms with Crippen LogP contribution in [-0.4, -0.2) is 29.4 Å². The van der Waals surface area contributed by atoms with E-state index in [2.05, 4.69) is 28.7 Å². The van der Waals surface area contributed by atoms with Crippen molar-refractivity contribution < 1.29 is 0 Å². The lowest BCUT2D eigenvalue weighted by Gasteiger charge is -2.28. The average molecular weight is 236 g/mol. The molecule has 0 aromatic carbocycles. The molecule has 4 heteroatoms. The summed E-state index contributed by atoms with van der Waals surface area (Å²) in [5.41, 5.74) is 1.51. The summed E-state index contributed by atoms with van der Waals surface area (Å²) in [5, 5.41) is 11.4. The second kappa shape index (κ2) is 5.08. The normalized spacial score (nSPS) is 24.2. The van der Waals surface area contributed by atoms with E-state index in [0.717, 1.165) is 31.1 Å². The van der Waals surface area contributed by atoms with E-state index in [9.17, 15) is 0 Å². The van der Waals surface area contributed by atoms with Crippen LogP contribution < -0.4 is 10.6 Å². The van der Waals surface area contributed by atoms with Crippen LogP contribution >= 0.6 is 0 Å². The Bertz CT molecular complexity index is 363. The fraction of sp³-hybridized carbons (Fsp3) is 0.769. The van der Waals surface area contributed by atoms with Gasteiger partial charge in [-0.05, 0) is 26.3 Å². The monoisotopic (exact) mass is 236 g/mol. The predicted octanol–water partition coefficient (Wildman–Crippen LogP) is 1.92. The van der Waals surface area contributed by atoms with E-state index in [1.54, 1.807) is 0 Å². The van der Waals surface area contributed by atoms with Crippen molar-refractivity contribution in [3.8, 4) is 0 Å². The molecule has 1 fully saturated rings. The fourth-order valence-corrected chi connectivity index (χ4v) is 2.83. The molecule has 1 atom stereocenters. The predicted molar refractivity (Wildman–Crippen MR) is 71.3 cm³/mol. The molecule has 0 spiro atoms. The molecular weight excluding hydrogens is 212 g/mol. The van der Waals surface area contributed by atoms with Gasteiger partial charge < -0.3 is 10.6 Å². The van der Waals surface area contributed by atoms with Crippen LogP contribution in [0.3, 0.4) is 0 Å². The molecule has 4 nitrogen and oxygen atoms in total. The van der Waals surface area contributed by atoms with Crippen LogP contribution in [0.25, 0.3) is 0 Å². The number of aromatic nitrogens is 2. The Hall–Kier alpha value is -1.03. The van der Waals surface area contributed by atoms with E-state index in [4.69, 9.17) is 0 Å². The van der Waals surface area contributed by atoms with Crippen LogP contribution in [0.1, 0.15) is 31.9 Å². The van der Waals surface area contributed by atoms with E-state index in [0.29, 0.717) is 5.41 Å². The topological polar surface area (TPSA) is 41.9 Å². The van der Waals surface area contributed by atoms with Gasteiger partial charge in [-0.25, -0.2) is 0 Å². The highest BCUT2D eigenvalue weighted by Gasteiger charge is 2.32. The van der Waals surface area contributed by atoms with Crippen molar-refractivity contribution in [2.24, 2.45) is 12.5 Å². The highest BCUT2D eigenvalue weighted by atomic mass is 15.3. The lowest BCUT2D eigenvalue weighted by atomic mass is 9.82. The third kappa shape index (κ3) is 2.80. The number of rotatable bonds is 5. The van der Waals surface area contributed by atoms with Gasteiger partial charge in [-0.3, -0.25) is 4.68 Å². The molecule has 0 radical (unpaired) electrons. The Balaban J connectivity index is 1.98. The quantitative estimate of drug-likeness (QED) is 0.821. The zero-order chi connectivity index (χ0) is 12.3. The third-order valence-corrected chi connectivity index (χ3v) is 3.76. The Morgan fingerprint density at radius 2 is 2.41 bits per heavy atom.